The zero-order valence-electron chi connectivity index (χ0n) is 34.2. The van der Waals surface area contributed by atoms with Crippen LogP contribution in [0.3, 0.4) is 0 Å². The summed E-state index contributed by atoms with van der Waals surface area (Å²) in [6, 6.07) is 78.3. The van der Waals surface area contributed by atoms with Crippen molar-refractivity contribution in [2.45, 2.75) is 19.8 Å². The summed E-state index contributed by atoms with van der Waals surface area (Å²) in [6.07, 6.45) is 0. The van der Waals surface area contributed by atoms with Gasteiger partial charge in [-0.1, -0.05) is 172 Å². The van der Waals surface area contributed by atoms with Gasteiger partial charge >= 0.3 is 0 Å². The summed E-state index contributed by atoms with van der Waals surface area (Å²) in [6.45, 7) is 4.56. The number of benzene rings is 10. The van der Waals surface area contributed by atoms with Crippen molar-refractivity contribution in [2.24, 2.45) is 0 Å². The summed E-state index contributed by atoms with van der Waals surface area (Å²) in [5.41, 5.74) is 16.1. The van der Waals surface area contributed by atoms with E-state index in [4.69, 9.17) is 0 Å². The van der Waals surface area contributed by atoms with Crippen LogP contribution in [0.2, 0.25) is 0 Å². The van der Waals surface area contributed by atoms with Crippen molar-refractivity contribution in [3.05, 3.63) is 218 Å². The maximum atomic E-state index is 2.45. The van der Waals surface area contributed by atoms with Gasteiger partial charge in [0.15, 0.2) is 0 Å². The molecule has 288 valence electrons. The van der Waals surface area contributed by atoms with Crippen LogP contribution in [0.1, 0.15) is 25.3 Å². The van der Waals surface area contributed by atoms with Gasteiger partial charge in [-0.2, -0.15) is 0 Å². The second-order valence-electron chi connectivity index (χ2n) is 16.6. The van der Waals surface area contributed by atoms with Crippen LogP contribution >= 0.6 is 0 Å². The molecule has 0 aliphatic carbocycles. The maximum absolute atomic E-state index is 2.45. The molecule has 0 spiro atoms. The lowest BCUT2D eigenvalue weighted by Crippen LogP contribution is -2.00. The zero-order chi connectivity index (χ0) is 40.6. The number of hydrogen-bond acceptors (Lipinski definition) is 0. The molecular formula is C59H42N2. The highest BCUT2D eigenvalue weighted by Gasteiger charge is 2.20. The van der Waals surface area contributed by atoms with Crippen molar-refractivity contribution in [2.75, 3.05) is 0 Å². The topological polar surface area (TPSA) is 9.86 Å². The molecule has 12 rings (SSSR count). The Morgan fingerprint density at radius 1 is 0.295 bits per heavy atom. The molecule has 12 aromatic rings. The van der Waals surface area contributed by atoms with E-state index in [2.05, 4.69) is 235 Å². The lowest BCUT2D eigenvalue weighted by molar-refractivity contribution is 0.854. The quantitative estimate of drug-likeness (QED) is 0.149. The molecule has 0 bridgehead atoms. The van der Waals surface area contributed by atoms with Crippen LogP contribution < -0.4 is 0 Å². The third kappa shape index (κ3) is 5.49. The molecular weight excluding hydrogens is 737 g/mol. The second-order valence-corrected chi connectivity index (χ2v) is 16.6. The minimum absolute atomic E-state index is 0.414. The van der Waals surface area contributed by atoms with E-state index in [1.807, 2.05) is 0 Å². The average Bonchev–Trinajstić information content (AvgIpc) is 3.83. The third-order valence-electron chi connectivity index (χ3n) is 12.9. The number of rotatable bonds is 6. The van der Waals surface area contributed by atoms with E-state index >= 15 is 0 Å². The fourth-order valence-electron chi connectivity index (χ4n) is 10.2. The van der Waals surface area contributed by atoms with Crippen LogP contribution in [0.4, 0.5) is 0 Å². The first-order chi connectivity index (χ1) is 30.1. The Hall–Kier alpha value is -7.68. The molecule has 0 atom stereocenters. The van der Waals surface area contributed by atoms with Crippen molar-refractivity contribution in [3.8, 4) is 44.8 Å². The molecule has 0 saturated heterocycles. The highest BCUT2D eigenvalue weighted by Crippen LogP contribution is 2.44. The molecule has 2 aromatic heterocycles. The van der Waals surface area contributed by atoms with Crippen LogP contribution in [-0.2, 0) is 0 Å². The van der Waals surface area contributed by atoms with Crippen LogP contribution in [0.5, 0.6) is 0 Å². The summed E-state index contributed by atoms with van der Waals surface area (Å²) in [4.78, 5) is 0. The highest BCUT2D eigenvalue weighted by molar-refractivity contribution is 6.21. The van der Waals surface area contributed by atoms with E-state index in [1.54, 1.807) is 0 Å². The van der Waals surface area contributed by atoms with Gasteiger partial charge in [0.25, 0.3) is 0 Å². The van der Waals surface area contributed by atoms with Gasteiger partial charge in [-0.05, 0) is 121 Å². The predicted molar refractivity (Wildman–Crippen MR) is 261 cm³/mol. The summed E-state index contributed by atoms with van der Waals surface area (Å²) in [5.74, 6) is 0.414. The van der Waals surface area contributed by atoms with Gasteiger partial charge in [0.2, 0.25) is 0 Å². The Kier molecular flexibility index (Phi) is 8.08. The lowest BCUT2D eigenvalue weighted by Gasteiger charge is -2.18. The SMILES string of the molecule is CC(C)c1ccccc1-n1c2ccccc2c2cc(-c3ccc4c(c3)c3ccccc3n4-c3ccc(-c4c5ccccc5c(-c5ccccc5)c5ccccc45)cc3)ccc21. The van der Waals surface area contributed by atoms with E-state index in [0.29, 0.717) is 5.92 Å². The van der Waals surface area contributed by atoms with Gasteiger partial charge in [0.1, 0.15) is 0 Å². The molecule has 10 aromatic carbocycles. The monoisotopic (exact) mass is 778 g/mol. The van der Waals surface area contributed by atoms with Crippen molar-refractivity contribution < 1.29 is 0 Å². The van der Waals surface area contributed by atoms with Crippen LogP contribution in [0.25, 0.3) is 110 Å². The Morgan fingerprint density at radius 2 is 0.689 bits per heavy atom. The standard InChI is InChI=1S/C59H42N2/c1-38(2)44-18-10-13-25-53(44)61-55-27-15-12-20-46(55)52-37-42(31-35-57(52)61)41-30-34-56-51(36-41)45-19-11-14-26-54(45)60(56)43-32-28-40(29-33-43)59-49-23-8-6-21-47(49)58(39-16-4-3-5-17-39)48-22-7-9-24-50(48)59/h3-38H,1-2H3. The van der Waals surface area contributed by atoms with Crippen molar-refractivity contribution in [1.82, 2.24) is 9.13 Å². The molecule has 0 radical (unpaired) electrons. The molecule has 2 heteroatoms. The summed E-state index contributed by atoms with van der Waals surface area (Å²) >= 11 is 0. The van der Waals surface area contributed by atoms with Crippen LogP contribution in [-0.4, -0.2) is 9.13 Å². The van der Waals surface area contributed by atoms with Crippen molar-refractivity contribution in [3.63, 3.8) is 0 Å². The number of hydrogen-bond donors (Lipinski definition) is 0. The van der Waals surface area contributed by atoms with Gasteiger partial charge in [-0.25, -0.2) is 0 Å². The molecule has 0 saturated carbocycles. The number of para-hydroxylation sites is 3. The van der Waals surface area contributed by atoms with Gasteiger partial charge in [-0.15, -0.1) is 0 Å². The minimum atomic E-state index is 0.414. The molecule has 2 nitrogen and oxygen atoms in total. The molecule has 0 aliphatic rings. The number of aromatic nitrogens is 2. The normalized spacial score (nSPS) is 11.9. The molecule has 0 N–H and O–H groups in total. The Balaban J connectivity index is 0.987. The molecule has 0 unspecified atom stereocenters. The maximum Gasteiger partial charge on any atom is 0.0541 e. The van der Waals surface area contributed by atoms with Gasteiger partial charge < -0.3 is 9.13 Å². The largest absolute Gasteiger partial charge is 0.309 e. The number of nitrogens with zero attached hydrogens (tertiary/aromatic N) is 2. The first-order valence-corrected chi connectivity index (χ1v) is 21.4. The average molecular weight is 779 g/mol. The van der Waals surface area contributed by atoms with Crippen molar-refractivity contribution in [1.29, 1.82) is 0 Å². The summed E-state index contributed by atoms with van der Waals surface area (Å²) in [7, 11) is 0. The van der Waals surface area contributed by atoms with E-state index in [1.165, 1.54) is 110 Å². The van der Waals surface area contributed by atoms with E-state index in [-0.39, 0.29) is 0 Å². The van der Waals surface area contributed by atoms with E-state index in [9.17, 15) is 0 Å². The van der Waals surface area contributed by atoms with Crippen LogP contribution in [0.15, 0.2) is 212 Å². The van der Waals surface area contributed by atoms with Gasteiger partial charge in [-0.3, -0.25) is 0 Å². The van der Waals surface area contributed by atoms with Gasteiger partial charge in [0.05, 0.1) is 22.1 Å². The Bertz CT molecular complexity index is 3600. The summed E-state index contributed by atoms with van der Waals surface area (Å²) in [5, 5.41) is 10.1. The molecule has 2 heterocycles. The zero-order valence-corrected chi connectivity index (χ0v) is 34.2. The first-order valence-electron chi connectivity index (χ1n) is 21.4. The van der Waals surface area contributed by atoms with E-state index < -0.39 is 0 Å². The van der Waals surface area contributed by atoms with Gasteiger partial charge in [0, 0.05) is 32.9 Å². The third-order valence-corrected chi connectivity index (χ3v) is 12.9. The fourth-order valence-corrected chi connectivity index (χ4v) is 10.2. The summed E-state index contributed by atoms with van der Waals surface area (Å²) < 4.78 is 4.88. The van der Waals surface area contributed by atoms with E-state index in [0.717, 1.165) is 5.69 Å². The molecule has 0 aliphatic heterocycles. The van der Waals surface area contributed by atoms with Crippen LogP contribution in [0, 0.1) is 0 Å². The Morgan fingerprint density at radius 3 is 1.23 bits per heavy atom. The molecule has 0 fully saturated rings. The highest BCUT2D eigenvalue weighted by atomic mass is 15.0. The molecule has 61 heavy (non-hydrogen) atoms. The minimum Gasteiger partial charge on any atom is -0.309 e. The Labute approximate surface area is 355 Å². The predicted octanol–water partition coefficient (Wildman–Crippen LogP) is 16.3. The smallest absolute Gasteiger partial charge is 0.0541 e. The van der Waals surface area contributed by atoms with Crippen molar-refractivity contribution >= 4 is 65.2 Å². The second kappa shape index (κ2) is 14.0. The number of fused-ring (bicyclic) bond motifs is 8. The lowest BCUT2D eigenvalue weighted by atomic mass is 9.86. The first kappa shape index (κ1) is 35.3. The fraction of sp³-hybridized carbons (Fsp3) is 0.0508. The molecule has 0 amide bonds.